The molecule has 1 N–H and O–H groups in total. The van der Waals surface area contributed by atoms with Gasteiger partial charge in [0.2, 0.25) is 0 Å². The number of aromatic nitrogens is 1. The summed E-state index contributed by atoms with van der Waals surface area (Å²) in [4.78, 5) is 19.1. The Morgan fingerprint density at radius 3 is 2.73 bits per heavy atom. The highest BCUT2D eigenvalue weighted by Crippen LogP contribution is 2.39. The molecule has 4 heterocycles. The lowest BCUT2D eigenvalue weighted by Crippen LogP contribution is -2.44. The first kappa shape index (κ1) is 19.3. The average molecular weight is 405 g/mol. The van der Waals surface area contributed by atoms with Crippen molar-refractivity contribution in [1.82, 2.24) is 15.2 Å². The average Bonchev–Trinajstić information content (AvgIpc) is 3.39. The Morgan fingerprint density at radius 1 is 1.13 bits per heavy atom. The molecular weight excluding hydrogens is 378 g/mol. The maximum Gasteiger partial charge on any atom is 0.287 e. The molecule has 1 spiro atoms. The summed E-state index contributed by atoms with van der Waals surface area (Å²) in [6.45, 7) is 3.58. The SMILES string of the molecule is O=C(NCC1CCC2(CCN(Cc3ccncc3)CC2)O1)c1cc2ccccc2o1. The molecule has 1 atom stereocenters. The Morgan fingerprint density at radius 2 is 1.93 bits per heavy atom. The predicted molar refractivity (Wildman–Crippen MR) is 114 cm³/mol. The minimum atomic E-state index is -0.178. The molecule has 2 saturated heterocycles. The van der Waals surface area contributed by atoms with Gasteiger partial charge in [0, 0.05) is 44.0 Å². The summed E-state index contributed by atoms with van der Waals surface area (Å²) in [5, 5.41) is 3.93. The van der Waals surface area contributed by atoms with E-state index in [4.69, 9.17) is 9.15 Å². The number of likely N-dealkylation sites (tertiary alicyclic amines) is 1. The van der Waals surface area contributed by atoms with Crippen molar-refractivity contribution in [3.05, 3.63) is 66.2 Å². The van der Waals surface area contributed by atoms with E-state index in [0.717, 1.165) is 56.3 Å². The second-order valence-corrected chi connectivity index (χ2v) is 8.45. The quantitative estimate of drug-likeness (QED) is 0.700. The minimum Gasteiger partial charge on any atom is -0.451 e. The van der Waals surface area contributed by atoms with Crippen molar-refractivity contribution in [2.24, 2.45) is 0 Å². The standard InChI is InChI=1S/C24H27N3O3/c28-23(22-15-19-3-1-2-4-21(19)29-22)26-16-20-5-8-24(30-20)9-13-27(14-10-24)17-18-6-11-25-12-7-18/h1-4,6-7,11-12,15,20H,5,8-10,13-14,16-17H2,(H,26,28). The van der Waals surface area contributed by atoms with Crippen molar-refractivity contribution in [1.29, 1.82) is 0 Å². The molecule has 2 aliphatic heterocycles. The molecule has 1 unspecified atom stereocenters. The molecule has 6 heteroatoms. The lowest BCUT2D eigenvalue weighted by molar-refractivity contribution is -0.0764. The van der Waals surface area contributed by atoms with Gasteiger partial charge in [0.05, 0.1) is 11.7 Å². The van der Waals surface area contributed by atoms with Crippen molar-refractivity contribution in [3.63, 3.8) is 0 Å². The van der Waals surface area contributed by atoms with E-state index in [9.17, 15) is 4.79 Å². The number of hydrogen-bond donors (Lipinski definition) is 1. The maximum atomic E-state index is 12.5. The minimum absolute atomic E-state index is 0.0243. The summed E-state index contributed by atoms with van der Waals surface area (Å²) in [6, 6.07) is 13.6. The number of para-hydroxylation sites is 1. The third-order valence-electron chi connectivity index (χ3n) is 6.40. The number of amides is 1. The van der Waals surface area contributed by atoms with Gasteiger partial charge in [-0.25, -0.2) is 0 Å². The van der Waals surface area contributed by atoms with E-state index in [-0.39, 0.29) is 17.6 Å². The van der Waals surface area contributed by atoms with Gasteiger partial charge in [-0.1, -0.05) is 18.2 Å². The normalized spacial score (nSPS) is 21.3. The molecule has 0 radical (unpaired) electrons. The number of carbonyl (C=O) groups excluding carboxylic acids is 1. The van der Waals surface area contributed by atoms with Crippen LogP contribution in [0.5, 0.6) is 0 Å². The fourth-order valence-corrected chi connectivity index (χ4v) is 4.66. The van der Waals surface area contributed by atoms with Gasteiger partial charge < -0.3 is 14.5 Å². The monoisotopic (exact) mass is 405 g/mol. The number of pyridine rings is 1. The smallest absolute Gasteiger partial charge is 0.287 e. The zero-order valence-corrected chi connectivity index (χ0v) is 17.0. The van der Waals surface area contributed by atoms with E-state index in [1.807, 2.05) is 36.7 Å². The molecule has 1 amide bonds. The molecule has 1 aromatic carbocycles. The Balaban J connectivity index is 1.11. The number of fused-ring (bicyclic) bond motifs is 1. The molecule has 2 fully saturated rings. The number of ether oxygens (including phenoxy) is 1. The Labute approximate surface area is 176 Å². The summed E-state index contributed by atoms with van der Waals surface area (Å²) in [5.74, 6) is 0.177. The molecule has 0 saturated carbocycles. The number of piperidine rings is 1. The molecule has 30 heavy (non-hydrogen) atoms. The Hall–Kier alpha value is -2.70. The van der Waals surface area contributed by atoms with Crippen molar-refractivity contribution in [2.75, 3.05) is 19.6 Å². The van der Waals surface area contributed by atoms with Gasteiger partial charge in [0.25, 0.3) is 5.91 Å². The zero-order chi connectivity index (χ0) is 20.4. The van der Waals surface area contributed by atoms with Crippen LogP contribution >= 0.6 is 0 Å². The first-order valence-electron chi connectivity index (χ1n) is 10.8. The van der Waals surface area contributed by atoms with E-state index in [1.54, 1.807) is 6.07 Å². The van der Waals surface area contributed by atoms with Crippen LogP contribution in [0.4, 0.5) is 0 Å². The van der Waals surface area contributed by atoms with Gasteiger partial charge in [-0.15, -0.1) is 0 Å². The van der Waals surface area contributed by atoms with E-state index in [2.05, 4.69) is 27.3 Å². The summed E-state index contributed by atoms with van der Waals surface area (Å²) in [7, 11) is 0. The van der Waals surface area contributed by atoms with Crippen LogP contribution in [0, 0.1) is 0 Å². The predicted octanol–water partition coefficient (Wildman–Crippen LogP) is 3.77. The number of rotatable bonds is 5. The first-order chi connectivity index (χ1) is 14.7. The highest BCUT2D eigenvalue weighted by atomic mass is 16.5. The lowest BCUT2D eigenvalue weighted by Gasteiger charge is -2.39. The van der Waals surface area contributed by atoms with Gasteiger partial charge in [-0.2, -0.15) is 0 Å². The van der Waals surface area contributed by atoms with E-state index in [1.165, 1.54) is 5.56 Å². The van der Waals surface area contributed by atoms with Gasteiger partial charge >= 0.3 is 0 Å². The molecule has 3 aromatic rings. The lowest BCUT2D eigenvalue weighted by atomic mass is 9.88. The van der Waals surface area contributed by atoms with E-state index < -0.39 is 0 Å². The number of benzene rings is 1. The Bertz CT molecular complexity index is 976. The molecule has 5 rings (SSSR count). The molecular formula is C24H27N3O3. The topological polar surface area (TPSA) is 67.6 Å². The second kappa shape index (κ2) is 8.20. The molecule has 0 bridgehead atoms. The van der Waals surface area contributed by atoms with Crippen LogP contribution in [-0.2, 0) is 11.3 Å². The number of nitrogens with zero attached hydrogens (tertiary/aromatic N) is 2. The summed E-state index contributed by atoms with van der Waals surface area (Å²) < 4.78 is 12.1. The summed E-state index contributed by atoms with van der Waals surface area (Å²) >= 11 is 0. The largest absolute Gasteiger partial charge is 0.451 e. The number of carbonyl (C=O) groups is 1. The molecule has 0 aliphatic carbocycles. The van der Waals surface area contributed by atoms with Gasteiger partial charge in [-0.05, 0) is 55.5 Å². The highest BCUT2D eigenvalue weighted by Gasteiger charge is 2.42. The van der Waals surface area contributed by atoms with Crippen LogP contribution < -0.4 is 5.32 Å². The van der Waals surface area contributed by atoms with Crippen LogP contribution in [0.2, 0.25) is 0 Å². The molecule has 6 nitrogen and oxygen atoms in total. The Kier molecular flexibility index (Phi) is 5.27. The third kappa shape index (κ3) is 4.11. The van der Waals surface area contributed by atoms with E-state index in [0.29, 0.717) is 12.3 Å². The fourth-order valence-electron chi connectivity index (χ4n) is 4.66. The van der Waals surface area contributed by atoms with Crippen LogP contribution in [0.1, 0.15) is 41.8 Å². The molecule has 2 aliphatic rings. The van der Waals surface area contributed by atoms with Gasteiger partial charge in [-0.3, -0.25) is 14.7 Å². The molecule has 2 aromatic heterocycles. The van der Waals surface area contributed by atoms with E-state index >= 15 is 0 Å². The van der Waals surface area contributed by atoms with Crippen molar-refractivity contribution in [2.45, 2.75) is 43.9 Å². The number of furan rings is 1. The molecule has 156 valence electrons. The van der Waals surface area contributed by atoms with Crippen LogP contribution in [0.3, 0.4) is 0 Å². The van der Waals surface area contributed by atoms with Crippen LogP contribution in [-0.4, -0.2) is 47.1 Å². The highest BCUT2D eigenvalue weighted by molar-refractivity contribution is 5.96. The first-order valence-corrected chi connectivity index (χ1v) is 10.8. The third-order valence-corrected chi connectivity index (χ3v) is 6.40. The van der Waals surface area contributed by atoms with Crippen molar-refractivity contribution >= 4 is 16.9 Å². The maximum absolute atomic E-state index is 12.5. The fraction of sp³-hybridized carbons (Fsp3) is 0.417. The summed E-state index contributed by atoms with van der Waals surface area (Å²) in [6.07, 6.45) is 7.94. The van der Waals surface area contributed by atoms with Crippen molar-refractivity contribution < 1.29 is 13.9 Å². The van der Waals surface area contributed by atoms with Crippen LogP contribution in [0.15, 0.2) is 59.3 Å². The van der Waals surface area contributed by atoms with Gasteiger partial charge in [0.1, 0.15) is 5.58 Å². The number of hydrogen-bond acceptors (Lipinski definition) is 5. The van der Waals surface area contributed by atoms with Crippen molar-refractivity contribution in [3.8, 4) is 0 Å². The summed E-state index contributed by atoms with van der Waals surface area (Å²) in [5.41, 5.74) is 2.01. The second-order valence-electron chi connectivity index (χ2n) is 8.45. The van der Waals surface area contributed by atoms with Crippen LogP contribution in [0.25, 0.3) is 11.0 Å². The van der Waals surface area contributed by atoms with Gasteiger partial charge in [0.15, 0.2) is 5.76 Å². The number of nitrogens with one attached hydrogen (secondary N) is 1. The zero-order valence-electron chi connectivity index (χ0n) is 17.0.